The molecular weight excluding hydrogens is 320 g/mol. The second kappa shape index (κ2) is 5.01. The van der Waals surface area contributed by atoms with Gasteiger partial charge in [-0.3, -0.25) is 4.79 Å². The second-order valence-electron chi connectivity index (χ2n) is 4.33. The Labute approximate surface area is 123 Å². The molecule has 110 valence electrons. The van der Waals surface area contributed by atoms with Crippen molar-refractivity contribution in [3.05, 3.63) is 35.7 Å². The fourth-order valence-corrected chi connectivity index (χ4v) is 2.79. The molecule has 2 aromatic rings. The summed E-state index contributed by atoms with van der Waals surface area (Å²) in [6, 6.07) is 3.76. The van der Waals surface area contributed by atoms with E-state index in [9.17, 15) is 13.2 Å². The normalized spacial score (nSPS) is 17.1. The number of H-pyrrole nitrogens is 1. The Balaban J connectivity index is 1.87. The Morgan fingerprint density at radius 3 is 2.95 bits per heavy atom. The minimum Gasteiger partial charge on any atom is -0.491 e. The van der Waals surface area contributed by atoms with E-state index in [0.29, 0.717) is 11.3 Å². The number of amides is 1. The molecule has 3 rings (SSSR count). The highest BCUT2D eigenvalue weighted by atomic mass is 35.7. The number of aromatic nitrogens is 3. The molecule has 1 aliphatic heterocycles. The molecule has 2 N–H and O–H groups in total. The minimum atomic E-state index is -3.84. The molecule has 21 heavy (non-hydrogen) atoms. The Morgan fingerprint density at radius 2 is 2.29 bits per heavy atom. The van der Waals surface area contributed by atoms with Crippen LogP contribution in [-0.2, 0) is 9.05 Å². The van der Waals surface area contributed by atoms with Crippen molar-refractivity contribution < 1.29 is 17.9 Å². The van der Waals surface area contributed by atoms with Crippen LogP contribution < -0.4 is 10.1 Å². The van der Waals surface area contributed by atoms with Crippen molar-refractivity contribution in [1.29, 1.82) is 0 Å². The van der Waals surface area contributed by atoms with E-state index in [0.717, 1.165) is 0 Å². The van der Waals surface area contributed by atoms with Crippen LogP contribution in [0.2, 0.25) is 0 Å². The number of hydrogen-bond acceptors (Lipinski definition) is 6. The fourth-order valence-electron chi connectivity index (χ4n) is 2.01. The zero-order chi connectivity index (χ0) is 15.0. The van der Waals surface area contributed by atoms with Crippen molar-refractivity contribution in [2.24, 2.45) is 0 Å². The lowest BCUT2D eigenvalue weighted by atomic mass is 10.1. The summed E-state index contributed by atoms with van der Waals surface area (Å²) in [7, 11) is 1.47. The number of fused-ring (bicyclic) bond motifs is 1. The quantitative estimate of drug-likeness (QED) is 0.797. The highest BCUT2D eigenvalue weighted by molar-refractivity contribution is 8.13. The molecule has 0 aliphatic carbocycles. The van der Waals surface area contributed by atoms with Crippen molar-refractivity contribution in [2.45, 2.75) is 10.9 Å². The van der Waals surface area contributed by atoms with Gasteiger partial charge in [0, 0.05) is 16.2 Å². The number of halogens is 1. The summed E-state index contributed by atoms with van der Waals surface area (Å²) in [5.41, 5.74) is 0.679. The van der Waals surface area contributed by atoms with Gasteiger partial charge in [-0.1, -0.05) is 0 Å². The monoisotopic (exact) mass is 328 g/mol. The number of carbonyl (C=O) groups excluding carboxylic acids is 1. The number of nitrogens with zero attached hydrogens (tertiary/aromatic N) is 2. The molecule has 1 atom stereocenters. The van der Waals surface area contributed by atoms with E-state index in [-0.39, 0.29) is 17.2 Å². The largest absolute Gasteiger partial charge is 0.491 e. The van der Waals surface area contributed by atoms with Gasteiger partial charge in [-0.25, -0.2) is 8.42 Å². The smallest absolute Gasteiger partial charge is 0.274 e. The Kier molecular flexibility index (Phi) is 3.30. The topological polar surface area (TPSA) is 114 Å². The zero-order valence-electron chi connectivity index (χ0n) is 10.4. The Bertz CT molecular complexity index is 791. The van der Waals surface area contributed by atoms with E-state index >= 15 is 0 Å². The Hall–Kier alpha value is -2.13. The highest BCUT2D eigenvalue weighted by Gasteiger charge is 2.28. The molecule has 0 bridgehead atoms. The first-order valence-electron chi connectivity index (χ1n) is 5.83. The average molecular weight is 329 g/mol. The number of hydrogen-bond donors (Lipinski definition) is 2. The summed E-state index contributed by atoms with van der Waals surface area (Å²) in [6.45, 7) is 0.199. The van der Waals surface area contributed by atoms with Crippen LogP contribution in [-0.4, -0.2) is 36.3 Å². The molecule has 1 aliphatic rings. The number of nitrogens with one attached hydrogen (secondary N) is 2. The predicted molar refractivity (Wildman–Crippen MR) is 71.6 cm³/mol. The molecule has 8 nitrogen and oxygen atoms in total. The third-order valence-corrected chi connectivity index (χ3v) is 4.35. The van der Waals surface area contributed by atoms with Gasteiger partial charge in [0.15, 0.2) is 5.69 Å². The lowest BCUT2D eigenvalue weighted by Crippen LogP contribution is -2.29. The lowest BCUT2D eigenvalue weighted by molar-refractivity contribution is 0.0925. The molecule has 1 unspecified atom stereocenters. The van der Waals surface area contributed by atoms with Crippen LogP contribution in [0.15, 0.2) is 29.3 Å². The van der Waals surface area contributed by atoms with Crippen LogP contribution in [0.25, 0.3) is 0 Å². The summed E-state index contributed by atoms with van der Waals surface area (Å²) in [6.07, 6.45) is 1.28. The lowest BCUT2D eigenvalue weighted by Gasteiger charge is -2.10. The molecule has 0 saturated carbocycles. The standard InChI is InChI=1S/C11H9ClN4O4S/c12-21(18,19)6-1-2-10-7(3-6)9(5-20-10)14-11(17)8-4-13-16-15-8/h1-4,9H,5H2,(H,14,17)(H,13,15,16). The van der Waals surface area contributed by atoms with Crippen molar-refractivity contribution in [3.63, 3.8) is 0 Å². The molecule has 10 heteroatoms. The molecule has 1 amide bonds. The van der Waals surface area contributed by atoms with Gasteiger partial charge in [0.1, 0.15) is 12.4 Å². The summed E-state index contributed by atoms with van der Waals surface area (Å²) >= 11 is 0. The van der Waals surface area contributed by atoms with Crippen LogP contribution in [0.3, 0.4) is 0 Å². The molecule has 0 spiro atoms. The van der Waals surface area contributed by atoms with Crippen LogP contribution >= 0.6 is 10.7 Å². The molecular formula is C11H9ClN4O4S. The predicted octanol–water partition coefficient (Wildman–Crippen LogP) is 0.596. The van der Waals surface area contributed by atoms with Gasteiger partial charge in [0.25, 0.3) is 15.0 Å². The number of aromatic amines is 1. The van der Waals surface area contributed by atoms with E-state index < -0.39 is 21.0 Å². The van der Waals surface area contributed by atoms with Gasteiger partial charge in [-0.05, 0) is 18.2 Å². The summed E-state index contributed by atoms with van der Waals surface area (Å²) in [5.74, 6) is 0.0638. The van der Waals surface area contributed by atoms with Gasteiger partial charge in [-0.15, -0.1) is 0 Å². The van der Waals surface area contributed by atoms with Gasteiger partial charge in [0.05, 0.1) is 17.1 Å². The van der Waals surface area contributed by atoms with Crippen LogP contribution in [0.5, 0.6) is 5.75 Å². The third-order valence-electron chi connectivity index (χ3n) is 3.00. The van der Waals surface area contributed by atoms with Gasteiger partial charge < -0.3 is 10.1 Å². The molecule has 0 saturated heterocycles. The highest BCUT2D eigenvalue weighted by Crippen LogP contribution is 2.34. The van der Waals surface area contributed by atoms with Crippen LogP contribution in [0, 0.1) is 0 Å². The van der Waals surface area contributed by atoms with Gasteiger partial charge in [-0.2, -0.15) is 15.4 Å². The molecule has 2 heterocycles. The van der Waals surface area contributed by atoms with Gasteiger partial charge in [0.2, 0.25) is 0 Å². The summed E-state index contributed by atoms with van der Waals surface area (Å²) < 4.78 is 28.1. The average Bonchev–Trinajstić information content (AvgIpc) is 3.07. The number of carbonyl (C=O) groups is 1. The first kappa shape index (κ1) is 13.8. The van der Waals surface area contributed by atoms with Gasteiger partial charge >= 0.3 is 0 Å². The van der Waals surface area contributed by atoms with Crippen molar-refractivity contribution in [1.82, 2.24) is 20.7 Å². The summed E-state index contributed by atoms with van der Waals surface area (Å²) in [5, 5.41) is 12.2. The fraction of sp³-hybridized carbons (Fsp3) is 0.182. The molecule has 0 fully saturated rings. The number of ether oxygens (including phenoxy) is 1. The zero-order valence-corrected chi connectivity index (χ0v) is 12.0. The maximum Gasteiger partial charge on any atom is 0.274 e. The summed E-state index contributed by atoms with van der Waals surface area (Å²) in [4.78, 5) is 11.9. The number of benzene rings is 1. The first-order chi connectivity index (χ1) is 9.95. The van der Waals surface area contributed by atoms with E-state index in [1.807, 2.05) is 0 Å². The molecule has 1 aromatic carbocycles. The SMILES string of the molecule is O=C(NC1COc2ccc(S(=O)(=O)Cl)cc21)c1cn[nH]n1. The number of rotatable bonds is 3. The minimum absolute atomic E-state index is 0.0471. The molecule has 1 aromatic heterocycles. The van der Waals surface area contributed by atoms with Crippen molar-refractivity contribution in [2.75, 3.05) is 6.61 Å². The first-order valence-corrected chi connectivity index (χ1v) is 8.14. The van der Waals surface area contributed by atoms with E-state index in [2.05, 4.69) is 20.7 Å². The Morgan fingerprint density at radius 1 is 1.48 bits per heavy atom. The third kappa shape index (κ3) is 2.69. The second-order valence-corrected chi connectivity index (χ2v) is 6.90. The molecule has 0 radical (unpaired) electrons. The van der Waals surface area contributed by atoms with Crippen LogP contribution in [0.4, 0.5) is 0 Å². The van der Waals surface area contributed by atoms with Crippen molar-refractivity contribution >= 4 is 25.6 Å². The van der Waals surface area contributed by atoms with E-state index in [1.54, 1.807) is 0 Å². The van der Waals surface area contributed by atoms with Crippen molar-refractivity contribution in [3.8, 4) is 5.75 Å². The van der Waals surface area contributed by atoms with E-state index in [4.69, 9.17) is 15.4 Å². The maximum atomic E-state index is 11.9. The van der Waals surface area contributed by atoms with E-state index in [1.165, 1.54) is 24.4 Å². The van der Waals surface area contributed by atoms with Crippen LogP contribution in [0.1, 0.15) is 22.1 Å². The maximum absolute atomic E-state index is 11.9.